The van der Waals surface area contributed by atoms with E-state index in [1.54, 1.807) is 0 Å². The summed E-state index contributed by atoms with van der Waals surface area (Å²) in [5, 5.41) is 3.69. The normalized spacial score (nSPS) is 27.9. The summed E-state index contributed by atoms with van der Waals surface area (Å²) in [4.78, 5) is 0. The highest BCUT2D eigenvalue weighted by atomic mass is 16.5. The van der Waals surface area contributed by atoms with Gasteiger partial charge in [-0.25, -0.2) is 0 Å². The second-order valence-electron chi connectivity index (χ2n) is 8.15. The Morgan fingerprint density at radius 2 is 1.95 bits per heavy atom. The maximum absolute atomic E-state index is 6.16. The van der Waals surface area contributed by atoms with Gasteiger partial charge in [0.1, 0.15) is 0 Å². The van der Waals surface area contributed by atoms with Gasteiger partial charge in [-0.2, -0.15) is 0 Å². The van der Waals surface area contributed by atoms with Crippen LogP contribution in [0.5, 0.6) is 0 Å². The average molecular weight is 281 g/mol. The van der Waals surface area contributed by atoms with Gasteiger partial charge in [-0.15, -0.1) is 0 Å². The van der Waals surface area contributed by atoms with Crippen LogP contribution in [0.3, 0.4) is 0 Å². The summed E-state index contributed by atoms with van der Waals surface area (Å²) >= 11 is 0. The van der Waals surface area contributed by atoms with Crippen molar-refractivity contribution in [3.8, 4) is 0 Å². The molecule has 1 aliphatic heterocycles. The molecule has 0 aromatic rings. The second kappa shape index (κ2) is 6.79. The van der Waals surface area contributed by atoms with Crippen LogP contribution in [0.25, 0.3) is 0 Å². The molecule has 0 aromatic carbocycles. The fourth-order valence-corrected chi connectivity index (χ4v) is 4.23. The first kappa shape index (κ1) is 16.3. The Kier molecular flexibility index (Phi) is 5.53. The van der Waals surface area contributed by atoms with Crippen molar-refractivity contribution in [3.05, 3.63) is 0 Å². The van der Waals surface area contributed by atoms with E-state index in [9.17, 15) is 0 Å². The second-order valence-corrected chi connectivity index (χ2v) is 8.15. The Morgan fingerprint density at radius 1 is 1.25 bits per heavy atom. The largest absolute Gasteiger partial charge is 0.375 e. The lowest BCUT2D eigenvalue weighted by molar-refractivity contribution is -0.0943. The van der Waals surface area contributed by atoms with Gasteiger partial charge in [0.15, 0.2) is 0 Å². The molecule has 0 aromatic heterocycles. The van der Waals surface area contributed by atoms with Gasteiger partial charge < -0.3 is 10.1 Å². The molecule has 2 rings (SSSR count). The summed E-state index contributed by atoms with van der Waals surface area (Å²) in [5.74, 6) is 0.894. The molecule has 1 heterocycles. The van der Waals surface area contributed by atoms with Crippen LogP contribution in [0.15, 0.2) is 0 Å². The molecule has 2 fully saturated rings. The summed E-state index contributed by atoms with van der Waals surface area (Å²) in [7, 11) is 0. The first-order valence-electron chi connectivity index (χ1n) is 8.82. The highest BCUT2D eigenvalue weighted by Gasteiger charge is 2.39. The zero-order chi connectivity index (χ0) is 14.6. The van der Waals surface area contributed by atoms with Crippen molar-refractivity contribution in [2.45, 2.75) is 90.7 Å². The topological polar surface area (TPSA) is 21.3 Å². The number of hydrogen-bond donors (Lipinski definition) is 1. The molecular formula is C18H35NO. The van der Waals surface area contributed by atoms with E-state index in [-0.39, 0.29) is 0 Å². The molecule has 1 spiro atoms. The molecule has 20 heavy (non-hydrogen) atoms. The first-order valence-corrected chi connectivity index (χ1v) is 8.82. The van der Waals surface area contributed by atoms with Gasteiger partial charge in [-0.3, -0.25) is 0 Å². The van der Waals surface area contributed by atoms with Crippen LogP contribution in [-0.2, 0) is 4.74 Å². The maximum Gasteiger partial charge on any atom is 0.0685 e. The predicted octanol–water partition coefficient (Wildman–Crippen LogP) is 4.53. The molecule has 1 saturated heterocycles. The van der Waals surface area contributed by atoms with Gasteiger partial charge in [0.05, 0.1) is 5.60 Å². The highest BCUT2D eigenvalue weighted by Crippen LogP contribution is 2.43. The number of ether oxygens (including phenoxy) is 1. The Balaban J connectivity index is 1.83. The lowest BCUT2D eigenvalue weighted by atomic mass is 9.78. The lowest BCUT2D eigenvalue weighted by Gasteiger charge is -2.39. The number of rotatable bonds is 5. The third kappa shape index (κ3) is 4.21. The Hall–Kier alpha value is -0.0800. The van der Waals surface area contributed by atoms with E-state index in [0.717, 1.165) is 19.1 Å². The molecule has 2 atom stereocenters. The van der Waals surface area contributed by atoms with Crippen molar-refractivity contribution in [2.24, 2.45) is 11.3 Å². The summed E-state index contributed by atoms with van der Waals surface area (Å²) < 4.78 is 6.16. The number of hydrogen-bond acceptors (Lipinski definition) is 2. The molecule has 1 saturated carbocycles. The Morgan fingerprint density at radius 3 is 2.55 bits per heavy atom. The molecule has 2 aliphatic rings. The van der Waals surface area contributed by atoms with Crippen molar-refractivity contribution < 1.29 is 4.74 Å². The molecule has 2 unspecified atom stereocenters. The van der Waals surface area contributed by atoms with E-state index in [0.29, 0.717) is 17.1 Å². The van der Waals surface area contributed by atoms with E-state index in [1.807, 2.05) is 0 Å². The third-order valence-electron chi connectivity index (χ3n) is 5.47. The van der Waals surface area contributed by atoms with Gasteiger partial charge in [0, 0.05) is 12.6 Å². The third-order valence-corrected chi connectivity index (χ3v) is 5.47. The fourth-order valence-electron chi connectivity index (χ4n) is 4.23. The predicted molar refractivity (Wildman–Crippen MR) is 86.0 cm³/mol. The minimum Gasteiger partial charge on any atom is -0.375 e. The molecule has 1 aliphatic carbocycles. The molecule has 2 heteroatoms. The van der Waals surface area contributed by atoms with Crippen LogP contribution in [0.4, 0.5) is 0 Å². The Labute approximate surface area is 126 Å². The molecule has 0 amide bonds. The summed E-state index contributed by atoms with van der Waals surface area (Å²) in [6.45, 7) is 11.4. The summed E-state index contributed by atoms with van der Waals surface area (Å²) in [6.07, 6.45) is 10.7. The minimum atomic E-state index is 0.290. The van der Waals surface area contributed by atoms with Crippen LogP contribution >= 0.6 is 0 Å². The molecular weight excluding hydrogens is 246 g/mol. The van der Waals surface area contributed by atoms with E-state index < -0.39 is 0 Å². The van der Waals surface area contributed by atoms with E-state index in [2.05, 4.69) is 33.0 Å². The van der Waals surface area contributed by atoms with E-state index in [4.69, 9.17) is 4.74 Å². The standard InChI is InChI=1S/C18H35NO/c1-5-19-16(17(2,3)4)9-8-15-10-13-20-18(14-15)11-6-7-12-18/h15-16,19H,5-14H2,1-4H3. The van der Waals surface area contributed by atoms with Gasteiger partial charge in [0.2, 0.25) is 0 Å². The molecule has 2 nitrogen and oxygen atoms in total. The highest BCUT2D eigenvalue weighted by molar-refractivity contribution is 4.92. The van der Waals surface area contributed by atoms with E-state index in [1.165, 1.54) is 51.4 Å². The SMILES string of the molecule is CCNC(CCC1CCOC2(CCCC2)C1)C(C)(C)C. The van der Waals surface area contributed by atoms with Gasteiger partial charge >= 0.3 is 0 Å². The van der Waals surface area contributed by atoms with Crippen LogP contribution in [-0.4, -0.2) is 24.8 Å². The van der Waals surface area contributed by atoms with Crippen molar-refractivity contribution in [2.75, 3.05) is 13.2 Å². The Bertz CT molecular complexity index is 288. The van der Waals surface area contributed by atoms with Crippen molar-refractivity contribution in [1.82, 2.24) is 5.32 Å². The fraction of sp³-hybridized carbons (Fsp3) is 1.00. The zero-order valence-corrected chi connectivity index (χ0v) is 14.1. The summed E-state index contributed by atoms with van der Waals surface area (Å²) in [5.41, 5.74) is 0.657. The van der Waals surface area contributed by atoms with Crippen LogP contribution in [0.2, 0.25) is 0 Å². The number of nitrogens with one attached hydrogen (secondary N) is 1. The molecule has 0 radical (unpaired) electrons. The first-order chi connectivity index (χ1) is 9.45. The van der Waals surface area contributed by atoms with Crippen LogP contribution in [0.1, 0.15) is 79.1 Å². The average Bonchev–Trinajstić information content (AvgIpc) is 2.81. The van der Waals surface area contributed by atoms with Gasteiger partial charge in [-0.05, 0) is 56.4 Å². The van der Waals surface area contributed by atoms with Crippen LogP contribution in [0, 0.1) is 11.3 Å². The van der Waals surface area contributed by atoms with E-state index >= 15 is 0 Å². The van der Waals surface area contributed by atoms with Crippen LogP contribution < -0.4 is 5.32 Å². The zero-order valence-electron chi connectivity index (χ0n) is 14.1. The van der Waals surface area contributed by atoms with Gasteiger partial charge in [-0.1, -0.05) is 40.5 Å². The smallest absolute Gasteiger partial charge is 0.0685 e. The lowest BCUT2D eigenvalue weighted by Crippen LogP contribution is -2.41. The maximum atomic E-state index is 6.16. The summed E-state index contributed by atoms with van der Waals surface area (Å²) in [6, 6.07) is 0.648. The molecule has 0 bridgehead atoms. The van der Waals surface area contributed by atoms with Crippen molar-refractivity contribution in [3.63, 3.8) is 0 Å². The van der Waals surface area contributed by atoms with Gasteiger partial charge in [0.25, 0.3) is 0 Å². The molecule has 1 N–H and O–H groups in total. The molecule has 118 valence electrons. The monoisotopic (exact) mass is 281 g/mol. The minimum absolute atomic E-state index is 0.290. The quantitative estimate of drug-likeness (QED) is 0.799. The van der Waals surface area contributed by atoms with Crippen molar-refractivity contribution in [1.29, 1.82) is 0 Å². The van der Waals surface area contributed by atoms with Crippen molar-refractivity contribution >= 4 is 0 Å².